The molecule has 6 nitrogen and oxygen atoms in total. The van der Waals surface area contributed by atoms with Crippen molar-refractivity contribution >= 4 is 11.8 Å². The molecule has 0 aliphatic carbocycles. The van der Waals surface area contributed by atoms with Gasteiger partial charge in [0.15, 0.2) is 0 Å². The molecule has 3 rings (SSSR count). The number of likely N-dealkylation sites (tertiary alicyclic amines) is 1. The fourth-order valence-corrected chi connectivity index (χ4v) is 3.73. The lowest BCUT2D eigenvalue weighted by Crippen LogP contribution is -2.60. The first-order valence-corrected chi connectivity index (χ1v) is 8.71. The van der Waals surface area contributed by atoms with Crippen molar-refractivity contribution in [1.82, 2.24) is 19.7 Å². The molecule has 0 saturated carbocycles. The molecule has 130 valence electrons. The van der Waals surface area contributed by atoms with Crippen molar-refractivity contribution in [2.24, 2.45) is 0 Å². The molecule has 2 fully saturated rings. The third-order valence-electron chi connectivity index (χ3n) is 5.19. The number of likely N-dealkylation sites (N-methyl/N-ethyl adjacent to an activating group) is 1. The second-order valence-electron chi connectivity index (χ2n) is 6.84. The number of carbonyl (C=O) groups excluding carboxylic acids is 2. The van der Waals surface area contributed by atoms with Gasteiger partial charge in [0.05, 0.1) is 0 Å². The summed E-state index contributed by atoms with van der Waals surface area (Å²) >= 11 is 0. The van der Waals surface area contributed by atoms with Gasteiger partial charge in [-0.2, -0.15) is 0 Å². The van der Waals surface area contributed by atoms with E-state index < -0.39 is 0 Å². The van der Waals surface area contributed by atoms with Crippen molar-refractivity contribution in [3.8, 4) is 0 Å². The summed E-state index contributed by atoms with van der Waals surface area (Å²) in [6.45, 7) is 5.12. The molecule has 0 unspecified atom stereocenters. The summed E-state index contributed by atoms with van der Waals surface area (Å²) in [4.78, 5) is 35.0. The summed E-state index contributed by atoms with van der Waals surface area (Å²) in [5.41, 5.74) is 1.12. The maximum atomic E-state index is 12.9. The first-order chi connectivity index (χ1) is 11.6. The number of piperazine rings is 1. The van der Waals surface area contributed by atoms with E-state index in [0.717, 1.165) is 38.2 Å². The Labute approximate surface area is 143 Å². The Bertz CT molecular complexity index is 584. The highest BCUT2D eigenvalue weighted by Gasteiger charge is 2.36. The van der Waals surface area contributed by atoms with Crippen LogP contribution in [0.1, 0.15) is 31.4 Å². The van der Waals surface area contributed by atoms with Crippen molar-refractivity contribution in [1.29, 1.82) is 0 Å². The smallest absolute Gasteiger partial charge is 0.246 e. The number of hydrogen-bond acceptors (Lipinski definition) is 4. The Morgan fingerprint density at radius 3 is 2.50 bits per heavy atom. The van der Waals surface area contributed by atoms with Crippen LogP contribution < -0.4 is 0 Å². The van der Waals surface area contributed by atoms with Crippen LogP contribution in [0.4, 0.5) is 0 Å². The largest absolute Gasteiger partial charge is 0.341 e. The molecular formula is C18H26N4O2. The normalized spacial score (nSPS) is 23.3. The minimum atomic E-state index is -0.340. The van der Waals surface area contributed by atoms with Crippen molar-refractivity contribution in [3.05, 3.63) is 30.1 Å². The van der Waals surface area contributed by atoms with Gasteiger partial charge in [0.25, 0.3) is 0 Å². The standard InChI is InChI=1S/C18H26N4O2/c1-14(23)22-12-11-20(2)13-17(22)18(24)21-9-6-15(7-10-21)16-5-3-4-8-19-16/h3-5,8,15,17H,6-7,9-13H2,1-2H3/t17-/m1/s1. The number of carbonyl (C=O) groups is 2. The molecule has 0 bridgehead atoms. The summed E-state index contributed by atoms with van der Waals surface area (Å²) < 4.78 is 0. The topological polar surface area (TPSA) is 56.8 Å². The predicted molar refractivity (Wildman–Crippen MR) is 91.5 cm³/mol. The molecule has 1 aromatic rings. The molecule has 2 amide bonds. The minimum Gasteiger partial charge on any atom is -0.341 e. The zero-order chi connectivity index (χ0) is 17.1. The van der Waals surface area contributed by atoms with Crippen LogP contribution in [0.3, 0.4) is 0 Å². The predicted octanol–water partition coefficient (Wildman–Crippen LogP) is 0.950. The Morgan fingerprint density at radius 2 is 1.88 bits per heavy atom. The van der Waals surface area contributed by atoms with Crippen LogP contribution in [0.2, 0.25) is 0 Å². The first-order valence-electron chi connectivity index (χ1n) is 8.71. The Kier molecular flexibility index (Phi) is 5.14. The quantitative estimate of drug-likeness (QED) is 0.810. The highest BCUT2D eigenvalue weighted by atomic mass is 16.2. The summed E-state index contributed by atoms with van der Waals surface area (Å²) in [6.07, 6.45) is 3.70. The van der Waals surface area contributed by atoms with E-state index in [2.05, 4.69) is 16.0 Å². The molecule has 1 aromatic heterocycles. The fraction of sp³-hybridized carbons (Fsp3) is 0.611. The maximum Gasteiger partial charge on any atom is 0.246 e. The second-order valence-corrected chi connectivity index (χ2v) is 6.84. The number of pyridine rings is 1. The highest BCUT2D eigenvalue weighted by molar-refractivity contribution is 5.87. The maximum absolute atomic E-state index is 12.9. The van der Waals surface area contributed by atoms with E-state index >= 15 is 0 Å². The molecule has 0 spiro atoms. The lowest BCUT2D eigenvalue weighted by Gasteiger charge is -2.42. The van der Waals surface area contributed by atoms with Crippen LogP contribution in [0, 0.1) is 0 Å². The van der Waals surface area contributed by atoms with E-state index in [9.17, 15) is 9.59 Å². The third kappa shape index (κ3) is 3.59. The molecule has 0 radical (unpaired) electrons. The van der Waals surface area contributed by atoms with Gasteiger partial charge in [-0.15, -0.1) is 0 Å². The van der Waals surface area contributed by atoms with Gasteiger partial charge >= 0.3 is 0 Å². The third-order valence-corrected chi connectivity index (χ3v) is 5.19. The van der Waals surface area contributed by atoms with Crippen LogP contribution in [-0.4, -0.2) is 77.3 Å². The number of rotatable bonds is 2. The Morgan fingerprint density at radius 1 is 1.12 bits per heavy atom. The zero-order valence-corrected chi connectivity index (χ0v) is 14.5. The van der Waals surface area contributed by atoms with E-state index in [1.807, 2.05) is 30.3 Å². The van der Waals surface area contributed by atoms with E-state index in [0.29, 0.717) is 19.0 Å². The molecule has 2 saturated heterocycles. The van der Waals surface area contributed by atoms with Gasteiger partial charge in [-0.3, -0.25) is 14.6 Å². The van der Waals surface area contributed by atoms with Crippen LogP contribution >= 0.6 is 0 Å². The fourth-order valence-electron chi connectivity index (χ4n) is 3.73. The minimum absolute atomic E-state index is 0.00942. The molecule has 2 aliphatic heterocycles. The van der Waals surface area contributed by atoms with Gasteiger partial charge in [-0.25, -0.2) is 0 Å². The van der Waals surface area contributed by atoms with Crippen LogP contribution in [-0.2, 0) is 9.59 Å². The van der Waals surface area contributed by atoms with Gasteiger partial charge in [-0.05, 0) is 32.0 Å². The molecular weight excluding hydrogens is 304 g/mol. The molecule has 6 heteroatoms. The molecule has 0 N–H and O–H groups in total. The van der Waals surface area contributed by atoms with Gasteiger partial charge in [0, 0.05) is 57.5 Å². The van der Waals surface area contributed by atoms with Crippen LogP contribution in [0.15, 0.2) is 24.4 Å². The van der Waals surface area contributed by atoms with E-state index in [4.69, 9.17) is 0 Å². The van der Waals surface area contributed by atoms with Gasteiger partial charge in [-0.1, -0.05) is 6.07 Å². The van der Waals surface area contributed by atoms with E-state index in [1.165, 1.54) is 0 Å². The molecule has 2 aliphatic rings. The zero-order valence-electron chi connectivity index (χ0n) is 14.5. The Balaban J connectivity index is 1.62. The SMILES string of the molecule is CC(=O)N1CCN(C)C[C@@H]1C(=O)N1CCC(c2ccccn2)CC1. The van der Waals surface area contributed by atoms with Crippen molar-refractivity contribution in [2.75, 3.05) is 39.8 Å². The molecule has 3 heterocycles. The van der Waals surface area contributed by atoms with Gasteiger partial charge in [0.1, 0.15) is 6.04 Å². The van der Waals surface area contributed by atoms with Gasteiger partial charge < -0.3 is 14.7 Å². The summed E-state index contributed by atoms with van der Waals surface area (Å²) in [7, 11) is 2.01. The Hall–Kier alpha value is -1.95. The number of piperidine rings is 1. The van der Waals surface area contributed by atoms with Crippen molar-refractivity contribution in [3.63, 3.8) is 0 Å². The number of aromatic nitrogens is 1. The second kappa shape index (κ2) is 7.30. The number of amides is 2. The first kappa shape index (κ1) is 16.9. The van der Waals surface area contributed by atoms with Crippen LogP contribution in [0.25, 0.3) is 0 Å². The lowest BCUT2D eigenvalue weighted by atomic mass is 9.92. The monoisotopic (exact) mass is 330 g/mol. The average Bonchev–Trinajstić information content (AvgIpc) is 2.61. The van der Waals surface area contributed by atoms with Gasteiger partial charge in [0.2, 0.25) is 11.8 Å². The number of hydrogen-bond donors (Lipinski definition) is 0. The van der Waals surface area contributed by atoms with E-state index in [1.54, 1.807) is 11.8 Å². The highest BCUT2D eigenvalue weighted by Crippen LogP contribution is 2.27. The van der Waals surface area contributed by atoms with Crippen molar-refractivity contribution in [2.45, 2.75) is 31.7 Å². The molecule has 1 atom stereocenters. The molecule has 24 heavy (non-hydrogen) atoms. The van der Waals surface area contributed by atoms with Crippen LogP contribution in [0.5, 0.6) is 0 Å². The number of nitrogens with zero attached hydrogens (tertiary/aromatic N) is 4. The summed E-state index contributed by atoms with van der Waals surface area (Å²) in [5.74, 6) is 0.509. The summed E-state index contributed by atoms with van der Waals surface area (Å²) in [5, 5.41) is 0. The molecule has 0 aromatic carbocycles. The lowest BCUT2D eigenvalue weighted by molar-refractivity contribution is -0.148. The van der Waals surface area contributed by atoms with Crippen molar-refractivity contribution < 1.29 is 9.59 Å². The summed E-state index contributed by atoms with van der Waals surface area (Å²) in [6, 6.07) is 5.67. The van der Waals surface area contributed by atoms with E-state index in [-0.39, 0.29) is 17.9 Å². The average molecular weight is 330 g/mol.